The van der Waals surface area contributed by atoms with Crippen LogP contribution >= 0.6 is 11.6 Å². The number of hydrogen-bond donors (Lipinski definition) is 1. The van der Waals surface area contributed by atoms with Crippen LogP contribution < -0.4 is 5.32 Å². The molecule has 0 saturated heterocycles. The van der Waals surface area contributed by atoms with E-state index in [0.29, 0.717) is 18.2 Å². The Balaban J connectivity index is 2.74. The molecule has 118 valence electrons. The van der Waals surface area contributed by atoms with Crippen molar-refractivity contribution in [2.24, 2.45) is 5.92 Å². The average Bonchev–Trinajstić information content (AvgIpc) is 2.60. The molecule has 0 aliphatic carbocycles. The third kappa shape index (κ3) is 5.04. The highest BCUT2D eigenvalue weighted by Crippen LogP contribution is 2.21. The minimum absolute atomic E-state index is 0.00434. The third-order valence-electron chi connectivity index (χ3n) is 2.59. The van der Waals surface area contributed by atoms with Crippen molar-refractivity contribution in [1.29, 1.82) is 0 Å². The van der Waals surface area contributed by atoms with E-state index in [1.165, 1.54) is 0 Å². The van der Waals surface area contributed by atoms with Crippen LogP contribution in [0, 0.1) is 12.8 Å². The fourth-order valence-corrected chi connectivity index (χ4v) is 2.14. The first kappa shape index (κ1) is 17.5. The summed E-state index contributed by atoms with van der Waals surface area (Å²) >= 11 is 6.17. The average molecular weight is 316 g/mol. The maximum absolute atomic E-state index is 12.0. The number of nitrogens with zero attached hydrogens (tertiary/aromatic N) is 2. The lowest BCUT2D eigenvalue weighted by molar-refractivity contribution is -0.124. The van der Waals surface area contributed by atoms with E-state index in [0.717, 1.165) is 0 Å². The number of hydrogen-bond acceptors (Lipinski definition) is 4. The van der Waals surface area contributed by atoms with Gasteiger partial charge in [-0.15, -0.1) is 0 Å². The van der Waals surface area contributed by atoms with Crippen molar-refractivity contribution in [2.75, 3.05) is 6.61 Å². The molecule has 0 bridgehead atoms. The predicted molar refractivity (Wildman–Crippen MR) is 80.4 cm³/mol. The van der Waals surface area contributed by atoms with Crippen LogP contribution in [0.25, 0.3) is 0 Å². The molecule has 0 radical (unpaired) electrons. The summed E-state index contributed by atoms with van der Waals surface area (Å²) in [6, 6.07) is -0.00434. The van der Waals surface area contributed by atoms with Crippen LogP contribution in [-0.4, -0.2) is 34.3 Å². The van der Waals surface area contributed by atoms with Gasteiger partial charge >= 0.3 is 5.97 Å². The summed E-state index contributed by atoms with van der Waals surface area (Å²) in [5, 5.41) is 7.12. The molecule has 1 aromatic heterocycles. The zero-order chi connectivity index (χ0) is 16.2. The number of aryl methyl sites for hydroxylation is 1. The Kier molecular flexibility index (Phi) is 6.20. The Morgan fingerprint density at radius 2 is 1.95 bits per heavy atom. The fraction of sp³-hybridized carbons (Fsp3) is 0.643. The Labute approximate surface area is 129 Å². The zero-order valence-electron chi connectivity index (χ0n) is 13.1. The number of nitrogens with one attached hydrogen (secondary N) is 1. The predicted octanol–water partition coefficient (Wildman–Crippen LogP) is 2.18. The maximum Gasteiger partial charge on any atom is 0.343 e. The topological polar surface area (TPSA) is 73.2 Å². The van der Waals surface area contributed by atoms with Gasteiger partial charge in [0.1, 0.15) is 10.7 Å². The van der Waals surface area contributed by atoms with Crippen molar-refractivity contribution in [3.05, 3.63) is 16.4 Å². The number of ether oxygens (including phenoxy) is 1. The summed E-state index contributed by atoms with van der Waals surface area (Å²) < 4.78 is 6.56. The highest BCUT2D eigenvalue weighted by Gasteiger charge is 2.22. The summed E-state index contributed by atoms with van der Waals surface area (Å²) in [6.07, 6.45) is 0. The number of halogens is 1. The molecule has 0 saturated carbocycles. The van der Waals surface area contributed by atoms with Gasteiger partial charge in [-0.25, -0.2) is 4.79 Å². The van der Waals surface area contributed by atoms with Gasteiger partial charge in [0.05, 0.1) is 5.69 Å². The molecule has 7 heteroatoms. The SMILES string of the molecule is Cc1nn(CC(C)C)c(Cl)c1C(=O)OCC(=O)NC(C)C. The van der Waals surface area contributed by atoms with Crippen molar-refractivity contribution in [3.63, 3.8) is 0 Å². The molecular formula is C14H22ClN3O3. The Morgan fingerprint density at radius 3 is 2.48 bits per heavy atom. The Hall–Kier alpha value is -1.56. The zero-order valence-corrected chi connectivity index (χ0v) is 13.8. The first-order valence-electron chi connectivity index (χ1n) is 6.91. The molecule has 1 aromatic rings. The molecule has 1 amide bonds. The van der Waals surface area contributed by atoms with Crippen molar-refractivity contribution >= 4 is 23.5 Å². The van der Waals surface area contributed by atoms with Gasteiger partial charge in [-0.05, 0) is 26.7 Å². The molecule has 0 fully saturated rings. The van der Waals surface area contributed by atoms with Crippen LogP contribution in [0.15, 0.2) is 0 Å². The standard InChI is InChI=1S/C14H22ClN3O3/c1-8(2)6-18-13(15)12(10(5)17-18)14(20)21-7-11(19)16-9(3)4/h8-9H,6-7H2,1-5H3,(H,16,19). The lowest BCUT2D eigenvalue weighted by Gasteiger charge is -2.09. The third-order valence-corrected chi connectivity index (χ3v) is 2.98. The summed E-state index contributed by atoms with van der Waals surface area (Å²) in [7, 11) is 0. The second-order valence-electron chi connectivity index (χ2n) is 5.63. The minimum Gasteiger partial charge on any atom is -0.452 e. The largest absolute Gasteiger partial charge is 0.452 e. The molecule has 0 aliphatic heterocycles. The van der Waals surface area contributed by atoms with E-state index in [9.17, 15) is 9.59 Å². The lowest BCUT2D eigenvalue weighted by Crippen LogP contribution is -2.34. The van der Waals surface area contributed by atoms with Crippen LogP contribution in [0.5, 0.6) is 0 Å². The molecule has 1 heterocycles. The number of esters is 1. The van der Waals surface area contributed by atoms with Gasteiger partial charge < -0.3 is 10.1 Å². The number of rotatable bonds is 6. The second-order valence-corrected chi connectivity index (χ2v) is 5.98. The van der Waals surface area contributed by atoms with Gasteiger partial charge in [0.2, 0.25) is 0 Å². The summed E-state index contributed by atoms with van der Waals surface area (Å²) in [4.78, 5) is 23.5. The highest BCUT2D eigenvalue weighted by atomic mass is 35.5. The van der Waals surface area contributed by atoms with E-state index in [2.05, 4.69) is 10.4 Å². The van der Waals surface area contributed by atoms with Crippen LogP contribution in [0.2, 0.25) is 5.15 Å². The Bertz CT molecular complexity index is 524. The molecule has 0 atom stereocenters. The van der Waals surface area contributed by atoms with E-state index in [1.54, 1.807) is 11.6 Å². The fourth-order valence-electron chi connectivity index (χ4n) is 1.82. The van der Waals surface area contributed by atoms with E-state index >= 15 is 0 Å². The minimum atomic E-state index is -0.633. The first-order chi connectivity index (χ1) is 9.72. The normalized spacial score (nSPS) is 11.0. The molecule has 21 heavy (non-hydrogen) atoms. The molecule has 0 aromatic carbocycles. The maximum atomic E-state index is 12.0. The van der Waals surface area contributed by atoms with E-state index in [1.807, 2.05) is 27.7 Å². The number of carbonyl (C=O) groups excluding carboxylic acids is 2. The van der Waals surface area contributed by atoms with Gasteiger partial charge in [0, 0.05) is 12.6 Å². The molecule has 1 N–H and O–H groups in total. The van der Waals surface area contributed by atoms with Gasteiger partial charge in [0.15, 0.2) is 6.61 Å². The second kappa shape index (κ2) is 7.45. The van der Waals surface area contributed by atoms with Crippen molar-refractivity contribution in [3.8, 4) is 0 Å². The molecule has 0 unspecified atom stereocenters. The summed E-state index contributed by atoms with van der Waals surface area (Å²) in [5.41, 5.74) is 0.713. The lowest BCUT2D eigenvalue weighted by atomic mass is 10.2. The first-order valence-corrected chi connectivity index (χ1v) is 7.29. The van der Waals surface area contributed by atoms with Crippen LogP contribution in [-0.2, 0) is 16.1 Å². The van der Waals surface area contributed by atoms with Crippen LogP contribution in [0.3, 0.4) is 0 Å². The van der Waals surface area contributed by atoms with E-state index in [-0.39, 0.29) is 29.3 Å². The Morgan fingerprint density at radius 1 is 1.33 bits per heavy atom. The molecule has 6 nitrogen and oxygen atoms in total. The van der Waals surface area contributed by atoms with Gasteiger partial charge in [0.25, 0.3) is 5.91 Å². The molecule has 0 spiro atoms. The van der Waals surface area contributed by atoms with Crippen molar-refractivity contribution in [1.82, 2.24) is 15.1 Å². The van der Waals surface area contributed by atoms with E-state index < -0.39 is 5.97 Å². The number of carbonyl (C=O) groups is 2. The number of amides is 1. The van der Waals surface area contributed by atoms with Gasteiger partial charge in [-0.2, -0.15) is 5.10 Å². The smallest absolute Gasteiger partial charge is 0.343 e. The highest BCUT2D eigenvalue weighted by molar-refractivity contribution is 6.32. The van der Waals surface area contributed by atoms with Crippen LogP contribution in [0.1, 0.15) is 43.7 Å². The summed E-state index contributed by atoms with van der Waals surface area (Å²) in [6.45, 7) is 9.69. The van der Waals surface area contributed by atoms with Crippen molar-refractivity contribution < 1.29 is 14.3 Å². The molecule has 0 aliphatic rings. The van der Waals surface area contributed by atoms with Crippen molar-refractivity contribution in [2.45, 2.75) is 47.2 Å². The summed E-state index contributed by atoms with van der Waals surface area (Å²) in [5.74, 6) is -0.629. The molecule has 1 rings (SSSR count). The van der Waals surface area contributed by atoms with Gasteiger partial charge in [-0.1, -0.05) is 25.4 Å². The quantitative estimate of drug-likeness (QED) is 0.817. The monoisotopic (exact) mass is 315 g/mol. The van der Waals surface area contributed by atoms with Gasteiger partial charge in [-0.3, -0.25) is 9.48 Å². The van der Waals surface area contributed by atoms with Crippen LogP contribution in [0.4, 0.5) is 0 Å². The molecular weight excluding hydrogens is 294 g/mol. The van der Waals surface area contributed by atoms with E-state index in [4.69, 9.17) is 16.3 Å². The number of aromatic nitrogens is 2.